The molecule has 0 radical (unpaired) electrons. The van der Waals surface area contributed by atoms with Crippen LogP contribution in [0.2, 0.25) is 0 Å². The lowest BCUT2D eigenvalue weighted by Crippen LogP contribution is -2.10. The van der Waals surface area contributed by atoms with E-state index in [1.807, 2.05) is 13.0 Å². The predicted molar refractivity (Wildman–Crippen MR) is 49.9 cm³/mol. The molecular formula is C11H16. The minimum Gasteiger partial charge on any atom is -0.0617 e. The molecule has 0 fully saturated rings. The highest BCUT2D eigenvalue weighted by atomic mass is 14.2. The molecule has 0 aliphatic carbocycles. The number of hydrogen-bond donors (Lipinski definition) is 0. The van der Waals surface area contributed by atoms with E-state index >= 15 is 0 Å². The van der Waals surface area contributed by atoms with E-state index in [0.29, 0.717) is 12.1 Å². The first kappa shape index (κ1) is 5.82. The second kappa shape index (κ2) is 2.69. The largest absolute Gasteiger partial charge is 0.0626 e. The highest BCUT2D eigenvalue weighted by Gasteiger charge is 2.12. The van der Waals surface area contributed by atoms with Crippen LogP contribution < -0.4 is 0 Å². The summed E-state index contributed by atoms with van der Waals surface area (Å²) in [4.78, 5) is 0. The molecule has 1 aromatic carbocycles. The van der Waals surface area contributed by atoms with Crippen LogP contribution in [0.15, 0.2) is 24.2 Å². The summed E-state index contributed by atoms with van der Waals surface area (Å²) in [7, 11) is 0. The quantitative estimate of drug-likeness (QED) is 0.532. The zero-order valence-electron chi connectivity index (χ0n) is 9.65. The van der Waals surface area contributed by atoms with Gasteiger partial charge in [-0.05, 0) is 17.9 Å². The molecule has 0 nitrogen and oxygen atoms in total. The molecule has 0 heteroatoms. The lowest BCUT2D eigenvalue weighted by molar-refractivity contribution is 0.590. The fourth-order valence-corrected chi connectivity index (χ4v) is 0.972. The van der Waals surface area contributed by atoms with E-state index in [2.05, 4.69) is 20.8 Å². The molecule has 1 rings (SSSR count). The molecule has 0 saturated heterocycles. The number of aryl methyl sites for hydroxylation is 1. The highest BCUT2D eigenvalue weighted by Crippen LogP contribution is 2.22. The van der Waals surface area contributed by atoms with Gasteiger partial charge in [-0.1, -0.05) is 50.6 Å². The van der Waals surface area contributed by atoms with Gasteiger partial charge in [0.15, 0.2) is 0 Å². The third-order valence-corrected chi connectivity index (χ3v) is 1.74. The van der Waals surface area contributed by atoms with Gasteiger partial charge in [-0.25, -0.2) is 0 Å². The SMILES string of the molecule is [2H]c1cc(C(C)(C)C)cc(C)c1[2H]. The molecule has 0 aliphatic heterocycles. The van der Waals surface area contributed by atoms with E-state index in [1.54, 1.807) is 6.07 Å². The van der Waals surface area contributed by atoms with Crippen molar-refractivity contribution >= 4 is 0 Å². The smallest absolute Gasteiger partial charge is 0.0617 e. The first-order chi connectivity index (χ1) is 5.82. The summed E-state index contributed by atoms with van der Waals surface area (Å²) in [6.45, 7) is 8.23. The van der Waals surface area contributed by atoms with Crippen LogP contribution in [0.5, 0.6) is 0 Å². The zero-order valence-corrected chi connectivity index (χ0v) is 7.65. The van der Waals surface area contributed by atoms with Crippen molar-refractivity contribution in [3.63, 3.8) is 0 Å². The standard InChI is InChI=1S/C11H16/c1-9-6-5-7-10(8-9)11(2,3)4/h5-8H,1-4H3/i5D,6D. The molecule has 0 saturated carbocycles. The molecule has 1 aromatic rings. The van der Waals surface area contributed by atoms with Crippen LogP contribution in [0.3, 0.4) is 0 Å². The Hall–Kier alpha value is -0.780. The van der Waals surface area contributed by atoms with Crippen LogP contribution >= 0.6 is 0 Å². The molecular weight excluding hydrogens is 132 g/mol. The van der Waals surface area contributed by atoms with Gasteiger partial charge in [0.1, 0.15) is 0 Å². The van der Waals surface area contributed by atoms with E-state index in [4.69, 9.17) is 2.74 Å². The molecule has 11 heavy (non-hydrogen) atoms. The molecule has 0 amide bonds. The molecule has 0 aromatic heterocycles. The first-order valence-electron chi connectivity index (χ1n) is 4.90. The summed E-state index contributed by atoms with van der Waals surface area (Å²) in [5.41, 5.74) is 2.08. The predicted octanol–water partition coefficient (Wildman–Crippen LogP) is 3.29. The third-order valence-electron chi connectivity index (χ3n) is 1.74. The molecule has 60 valence electrons. The lowest BCUT2D eigenvalue weighted by atomic mass is 9.86. The average Bonchev–Trinajstić information content (AvgIpc) is 1.97. The van der Waals surface area contributed by atoms with Crippen molar-refractivity contribution in [2.45, 2.75) is 33.1 Å². The van der Waals surface area contributed by atoms with Crippen LogP contribution in [0.4, 0.5) is 0 Å². The maximum Gasteiger partial charge on any atom is 0.0626 e. The molecule has 0 aliphatic rings. The number of rotatable bonds is 0. The maximum absolute atomic E-state index is 7.59. The fourth-order valence-electron chi connectivity index (χ4n) is 0.972. The zero-order chi connectivity index (χ0) is 10.2. The summed E-state index contributed by atoms with van der Waals surface area (Å²) in [6.07, 6.45) is 0. The van der Waals surface area contributed by atoms with Crippen LogP contribution in [-0.2, 0) is 5.41 Å². The minimum absolute atomic E-state index is 0.0637. The van der Waals surface area contributed by atoms with Crippen molar-refractivity contribution in [2.75, 3.05) is 0 Å². The van der Waals surface area contributed by atoms with Crippen molar-refractivity contribution < 1.29 is 2.74 Å². The van der Waals surface area contributed by atoms with Crippen molar-refractivity contribution in [1.82, 2.24) is 0 Å². The maximum atomic E-state index is 7.59. The second-order valence-corrected chi connectivity index (χ2v) is 3.95. The summed E-state index contributed by atoms with van der Waals surface area (Å²) >= 11 is 0. The number of benzene rings is 1. The Morgan fingerprint density at radius 1 is 1.36 bits per heavy atom. The van der Waals surface area contributed by atoms with E-state index in [-0.39, 0.29) is 5.41 Å². The minimum atomic E-state index is 0.0637. The van der Waals surface area contributed by atoms with E-state index in [1.165, 1.54) is 0 Å². The van der Waals surface area contributed by atoms with Gasteiger partial charge < -0.3 is 0 Å². The summed E-state index contributed by atoms with van der Waals surface area (Å²) < 4.78 is 15.2. The van der Waals surface area contributed by atoms with Crippen molar-refractivity contribution in [3.05, 3.63) is 35.3 Å². The van der Waals surface area contributed by atoms with Gasteiger partial charge >= 0.3 is 0 Å². The Morgan fingerprint density at radius 3 is 2.45 bits per heavy atom. The Labute approximate surface area is 72.1 Å². The van der Waals surface area contributed by atoms with E-state index < -0.39 is 0 Å². The van der Waals surface area contributed by atoms with Gasteiger partial charge in [0.05, 0.1) is 2.74 Å². The van der Waals surface area contributed by atoms with Crippen molar-refractivity contribution in [1.29, 1.82) is 0 Å². The van der Waals surface area contributed by atoms with Crippen LogP contribution in [0.25, 0.3) is 0 Å². The molecule has 0 N–H and O–H groups in total. The highest BCUT2D eigenvalue weighted by molar-refractivity contribution is 5.27. The normalized spacial score (nSPS) is 14.2. The van der Waals surface area contributed by atoms with Crippen LogP contribution in [0.1, 0.15) is 34.6 Å². The molecule has 0 bridgehead atoms. The molecule has 0 unspecified atom stereocenters. The van der Waals surface area contributed by atoms with Crippen LogP contribution in [0, 0.1) is 6.92 Å². The fraction of sp³-hybridized carbons (Fsp3) is 0.455. The third kappa shape index (κ3) is 2.07. The van der Waals surface area contributed by atoms with Crippen molar-refractivity contribution in [2.24, 2.45) is 0 Å². The van der Waals surface area contributed by atoms with Crippen LogP contribution in [-0.4, -0.2) is 0 Å². The van der Waals surface area contributed by atoms with Gasteiger partial charge in [0, 0.05) is 0 Å². The first-order valence-corrected chi connectivity index (χ1v) is 3.90. The van der Waals surface area contributed by atoms with Gasteiger partial charge in [-0.15, -0.1) is 0 Å². The topological polar surface area (TPSA) is 0 Å². The van der Waals surface area contributed by atoms with Gasteiger partial charge in [-0.2, -0.15) is 0 Å². The Bertz CT molecular complexity index is 298. The van der Waals surface area contributed by atoms with Gasteiger partial charge in [0.2, 0.25) is 0 Å². The van der Waals surface area contributed by atoms with Gasteiger partial charge in [-0.3, -0.25) is 0 Å². The lowest BCUT2D eigenvalue weighted by Gasteiger charge is -2.19. The van der Waals surface area contributed by atoms with Gasteiger partial charge in [0.25, 0.3) is 0 Å². The van der Waals surface area contributed by atoms with Crippen molar-refractivity contribution in [3.8, 4) is 0 Å². The molecule has 0 heterocycles. The summed E-state index contributed by atoms with van der Waals surface area (Å²) in [6, 6.07) is 4.45. The molecule has 0 atom stereocenters. The second-order valence-electron chi connectivity index (χ2n) is 3.95. The summed E-state index contributed by atoms with van der Waals surface area (Å²) in [5, 5.41) is 0. The van der Waals surface area contributed by atoms with E-state index in [0.717, 1.165) is 11.1 Å². The Kier molecular flexibility index (Phi) is 1.42. The Morgan fingerprint density at radius 2 is 2.00 bits per heavy atom. The Balaban J connectivity index is 3.29. The number of hydrogen-bond acceptors (Lipinski definition) is 0. The average molecular weight is 150 g/mol. The van der Waals surface area contributed by atoms with E-state index in [9.17, 15) is 0 Å². The monoisotopic (exact) mass is 150 g/mol. The molecule has 0 spiro atoms. The summed E-state index contributed by atoms with van der Waals surface area (Å²) in [5.74, 6) is 0.